The van der Waals surface area contributed by atoms with Crippen molar-refractivity contribution in [1.29, 1.82) is 0 Å². The van der Waals surface area contributed by atoms with Gasteiger partial charge >= 0.3 is 0 Å². The van der Waals surface area contributed by atoms with Crippen LogP contribution in [0.2, 0.25) is 0 Å². The molecule has 24 heavy (non-hydrogen) atoms. The third-order valence-corrected chi connectivity index (χ3v) is 4.00. The number of halogens is 2. The van der Waals surface area contributed by atoms with Crippen molar-refractivity contribution in [1.82, 2.24) is 10.6 Å². The Bertz CT molecular complexity index is 636. The Morgan fingerprint density at radius 3 is 2.50 bits per heavy atom. The monoisotopic (exact) mass is 471 g/mol. The first-order valence-corrected chi connectivity index (χ1v) is 9.89. The van der Waals surface area contributed by atoms with E-state index in [0.717, 1.165) is 25.9 Å². The first-order valence-electron chi connectivity index (χ1n) is 7.83. The van der Waals surface area contributed by atoms with Crippen molar-refractivity contribution in [2.75, 3.05) is 19.3 Å². The maximum atomic E-state index is 13.5. The number of hydrogen-bond acceptors (Lipinski definition) is 3. The Morgan fingerprint density at radius 1 is 1.21 bits per heavy atom. The van der Waals surface area contributed by atoms with E-state index in [1.165, 1.54) is 24.5 Å². The molecule has 8 heteroatoms. The molecule has 1 aromatic carbocycles. The summed E-state index contributed by atoms with van der Waals surface area (Å²) >= 11 is 0. The first kappa shape index (κ1) is 23.1. The highest BCUT2D eigenvalue weighted by Crippen LogP contribution is 2.15. The number of nitrogens with zero attached hydrogens (tertiary/aromatic N) is 1. The van der Waals surface area contributed by atoms with Gasteiger partial charge in [-0.25, -0.2) is 17.8 Å². The van der Waals surface area contributed by atoms with Crippen LogP contribution in [0, 0.1) is 5.82 Å². The van der Waals surface area contributed by atoms with Crippen LogP contribution in [0.1, 0.15) is 37.8 Å². The van der Waals surface area contributed by atoms with Crippen LogP contribution in [0.15, 0.2) is 23.2 Å². The minimum Gasteiger partial charge on any atom is -0.357 e. The molecule has 0 spiro atoms. The summed E-state index contributed by atoms with van der Waals surface area (Å²) in [5.41, 5.74) is 1.17. The number of nitrogens with one attached hydrogen (secondary N) is 2. The zero-order valence-corrected chi connectivity index (χ0v) is 17.6. The summed E-state index contributed by atoms with van der Waals surface area (Å²) in [5.74, 6) is 0.143. The summed E-state index contributed by atoms with van der Waals surface area (Å²) in [6.07, 6.45) is 3.28. The van der Waals surface area contributed by atoms with Gasteiger partial charge in [-0.2, -0.15) is 0 Å². The van der Waals surface area contributed by atoms with E-state index in [0.29, 0.717) is 17.1 Å². The molecule has 138 valence electrons. The molecule has 0 saturated carbocycles. The normalized spacial score (nSPS) is 11.8. The van der Waals surface area contributed by atoms with E-state index >= 15 is 0 Å². The lowest BCUT2D eigenvalue weighted by Crippen LogP contribution is -2.37. The standard InChI is InChI=1S/C16H26FN3O2S.HI/c1-4-6-9-19-16(18-5-2)20-11-14-10-15(17)8-7-13(14)12-23(3,21)22;/h7-8,10H,4-6,9,11-12H2,1-3H3,(H2,18,19,20);1H. The summed E-state index contributed by atoms with van der Waals surface area (Å²) in [6.45, 7) is 5.83. The second kappa shape index (κ2) is 11.6. The number of rotatable bonds is 8. The fourth-order valence-electron chi connectivity index (χ4n) is 2.05. The Kier molecular flexibility index (Phi) is 11.2. The smallest absolute Gasteiger partial charge is 0.191 e. The number of hydrogen-bond donors (Lipinski definition) is 2. The quantitative estimate of drug-likeness (QED) is 0.265. The highest BCUT2D eigenvalue weighted by atomic mass is 127. The average Bonchev–Trinajstić information content (AvgIpc) is 2.46. The Morgan fingerprint density at radius 2 is 1.92 bits per heavy atom. The van der Waals surface area contributed by atoms with Crippen LogP contribution in [0.25, 0.3) is 0 Å². The number of unbranched alkanes of at least 4 members (excludes halogenated alkanes) is 1. The molecule has 1 rings (SSSR count). The van der Waals surface area contributed by atoms with Gasteiger partial charge in [0, 0.05) is 19.3 Å². The molecule has 0 atom stereocenters. The van der Waals surface area contributed by atoms with Crippen LogP contribution in [0.5, 0.6) is 0 Å². The van der Waals surface area contributed by atoms with Crippen LogP contribution in [0.3, 0.4) is 0 Å². The van der Waals surface area contributed by atoms with Crippen molar-refractivity contribution in [2.24, 2.45) is 4.99 Å². The van der Waals surface area contributed by atoms with Crippen molar-refractivity contribution < 1.29 is 12.8 Å². The summed E-state index contributed by atoms with van der Waals surface area (Å²) in [5, 5.41) is 6.32. The van der Waals surface area contributed by atoms with Gasteiger partial charge in [-0.3, -0.25) is 0 Å². The SMILES string of the molecule is CCCCNC(=NCc1cc(F)ccc1CS(C)(=O)=O)NCC.I. The molecule has 0 aliphatic rings. The molecule has 0 radical (unpaired) electrons. The van der Waals surface area contributed by atoms with E-state index in [2.05, 4.69) is 22.5 Å². The van der Waals surface area contributed by atoms with Gasteiger partial charge < -0.3 is 10.6 Å². The van der Waals surface area contributed by atoms with E-state index in [1.54, 1.807) is 0 Å². The highest BCUT2D eigenvalue weighted by molar-refractivity contribution is 14.0. The molecule has 0 fully saturated rings. The molecule has 1 aromatic rings. The van der Waals surface area contributed by atoms with Gasteiger partial charge in [-0.15, -0.1) is 24.0 Å². The molecule has 5 nitrogen and oxygen atoms in total. The van der Waals surface area contributed by atoms with Gasteiger partial charge in [0.2, 0.25) is 0 Å². The first-order chi connectivity index (χ1) is 10.9. The van der Waals surface area contributed by atoms with Gasteiger partial charge in [-0.05, 0) is 36.6 Å². The van der Waals surface area contributed by atoms with Crippen molar-refractivity contribution in [2.45, 2.75) is 39.0 Å². The molecule has 0 amide bonds. The molecule has 0 bridgehead atoms. The fraction of sp³-hybridized carbons (Fsp3) is 0.562. The average molecular weight is 471 g/mol. The van der Waals surface area contributed by atoms with E-state index in [-0.39, 0.29) is 36.3 Å². The lowest BCUT2D eigenvalue weighted by atomic mass is 10.1. The number of aliphatic imine (C=N–C) groups is 1. The third kappa shape index (κ3) is 9.41. The maximum Gasteiger partial charge on any atom is 0.191 e. The molecular weight excluding hydrogens is 444 g/mol. The largest absolute Gasteiger partial charge is 0.357 e. The van der Waals surface area contributed by atoms with Crippen LogP contribution in [-0.4, -0.2) is 33.7 Å². The van der Waals surface area contributed by atoms with Gasteiger partial charge in [0.25, 0.3) is 0 Å². The highest BCUT2D eigenvalue weighted by Gasteiger charge is 2.10. The molecule has 0 saturated heterocycles. The van der Waals surface area contributed by atoms with E-state index in [1.807, 2.05) is 6.92 Å². The predicted octanol–water partition coefficient (Wildman–Crippen LogP) is 2.84. The van der Waals surface area contributed by atoms with Gasteiger partial charge in [-0.1, -0.05) is 19.4 Å². The van der Waals surface area contributed by atoms with Crippen molar-refractivity contribution in [3.8, 4) is 0 Å². The van der Waals surface area contributed by atoms with Crippen molar-refractivity contribution in [3.05, 3.63) is 35.1 Å². The lowest BCUT2D eigenvalue weighted by molar-refractivity contribution is 0.600. The molecular formula is C16H27FIN3O2S. The van der Waals surface area contributed by atoms with E-state index in [9.17, 15) is 12.8 Å². The van der Waals surface area contributed by atoms with Crippen molar-refractivity contribution >= 4 is 39.8 Å². The molecule has 2 N–H and O–H groups in total. The summed E-state index contributed by atoms with van der Waals surface area (Å²) in [6, 6.07) is 4.14. The van der Waals surface area contributed by atoms with Gasteiger partial charge in [0.1, 0.15) is 5.82 Å². The third-order valence-electron chi connectivity index (χ3n) is 3.16. The summed E-state index contributed by atoms with van der Waals surface area (Å²) in [4.78, 5) is 4.42. The second-order valence-electron chi connectivity index (χ2n) is 5.46. The summed E-state index contributed by atoms with van der Waals surface area (Å²) in [7, 11) is -3.18. The van der Waals surface area contributed by atoms with E-state index < -0.39 is 15.7 Å². The van der Waals surface area contributed by atoms with Gasteiger partial charge in [0.15, 0.2) is 15.8 Å². The molecule has 0 aliphatic carbocycles. The number of sulfone groups is 1. The molecule has 0 heterocycles. The number of benzene rings is 1. The molecule has 0 unspecified atom stereocenters. The summed E-state index contributed by atoms with van der Waals surface area (Å²) < 4.78 is 36.5. The van der Waals surface area contributed by atoms with Crippen molar-refractivity contribution in [3.63, 3.8) is 0 Å². The lowest BCUT2D eigenvalue weighted by Gasteiger charge is -2.12. The Balaban J connectivity index is 0.00000529. The fourth-order valence-corrected chi connectivity index (χ4v) is 2.90. The van der Waals surface area contributed by atoms with Crippen LogP contribution in [-0.2, 0) is 22.1 Å². The molecule has 0 aliphatic heterocycles. The Hall–Kier alpha value is -0.900. The Labute approximate surface area is 161 Å². The van der Waals surface area contributed by atoms with Crippen LogP contribution >= 0.6 is 24.0 Å². The minimum atomic E-state index is -3.18. The zero-order valence-electron chi connectivity index (χ0n) is 14.4. The maximum absolute atomic E-state index is 13.5. The number of guanidine groups is 1. The van der Waals surface area contributed by atoms with Gasteiger partial charge in [0.05, 0.1) is 12.3 Å². The minimum absolute atomic E-state index is 0. The van der Waals surface area contributed by atoms with E-state index in [4.69, 9.17) is 0 Å². The van der Waals surface area contributed by atoms with Crippen LogP contribution < -0.4 is 10.6 Å². The van der Waals surface area contributed by atoms with Crippen LogP contribution in [0.4, 0.5) is 4.39 Å². The second-order valence-corrected chi connectivity index (χ2v) is 7.60. The topological polar surface area (TPSA) is 70.6 Å². The predicted molar refractivity (Wildman–Crippen MR) is 108 cm³/mol. The molecule has 0 aromatic heterocycles. The zero-order chi connectivity index (χ0) is 17.3.